The van der Waals surface area contributed by atoms with E-state index in [1.807, 2.05) is 0 Å². The second-order valence-electron chi connectivity index (χ2n) is 12.0. The van der Waals surface area contributed by atoms with Crippen LogP contribution in [0.2, 0.25) is 0 Å². The largest absolute Gasteiger partial charge is 0.466 e. The number of carbonyl (C=O) groups excluding carboxylic acids is 1. The molecule has 0 spiro atoms. The third kappa shape index (κ3) is 35.4. The van der Waals surface area contributed by atoms with Gasteiger partial charge in [0.15, 0.2) is 0 Å². The molecule has 0 unspecified atom stereocenters. The highest BCUT2D eigenvalue weighted by Gasteiger charge is 2.03. The van der Waals surface area contributed by atoms with Crippen molar-refractivity contribution < 1.29 is 19.0 Å². The third-order valence-corrected chi connectivity index (χ3v) is 7.94. The van der Waals surface area contributed by atoms with Gasteiger partial charge in [0, 0.05) is 19.6 Å². The van der Waals surface area contributed by atoms with Gasteiger partial charge in [0.1, 0.15) is 0 Å². The molecule has 0 heterocycles. The molecule has 0 rings (SSSR count). The van der Waals surface area contributed by atoms with Crippen LogP contribution in [0.1, 0.15) is 194 Å². The van der Waals surface area contributed by atoms with Crippen LogP contribution in [0.5, 0.6) is 0 Å². The summed E-state index contributed by atoms with van der Waals surface area (Å²) in [5, 5.41) is 0. The Morgan fingerprint density at radius 3 is 1.02 bits per heavy atom. The van der Waals surface area contributed by atoms with Crippen LogP contribution in [-0.4, -0.2) is 39.0 Å². The standard InChI is InChI=1S/C36H72O4/c1-3-5-7-9-11-13-15-16-17-18-19-20-22-24-26-28-33-40-36(37)30-29-32-39-35-34-38-31-27-25-23-21-14-12-10-8-6-4-2/h3-35H2,1-2H3. The lowest BCUT2D eigenvalue weighted by atomic mass is 10.0. The zero-order valence-corrected chi connectivity index (χ0v) is 27.5. The van der Waals surface area contributed by atoms with Gasteiger partial charge in [0.05, 0.1) is 19.8 Å². The smallest absolute Gasteiger partial charge is 0.305 e. The summed E-state index contributed by atoms with van der Waals surface area (Å²) in [5.74, 6) is -0.0817. The second-order valence-corrected chi connectivity index (χ2v) is 12.0. The number of ether oxygens (including phenoxy) is 3. The summed E-state index contributed by atoms with van der Waals surface area (Å²) in [6.07, 6.45) is 36.4. The van der Waals surface area contributed by atoms with Gasteiger partial charge in [0.2, 0.25) is 0 Å². The normalized spacial score (nSPS) is 11.3. The minimum absolute atomic E-state index is 0.0817. The van der Waals surface area contributed by atoms with Gasteiger partial charge >= 0.3 is 5.97 Å². The molecule has 0 aliphatic carbocycles. The molecule has 0 atom stereocenters. The monoisotopic (exact) mass is 569 g/mol. The fourth-order valence-electron chi connectivity index (χ4n) is 5.24. The average Bonchev–Trinajstić information content (AvgIpc) is 2.96. The minimum atomic E-state index is -0.0817. The van der Waals surface area contributed by atoms with Crippen LogP contribution < -0.4 is 0 Å². The molecule has 0 saturated heterocycles. The summed E-state index contributed by atoms with van der Waals surface area (Å²) in [6.45, 7) is 7.85. The Bertz CT molecular complexity index is 428. The number of rotatable bonds is 35. The van der Waals surface area contributed by atoms with Crippen LogP contribution in [0.3, 0.4) is 0 Å². The Labute approximate surface area is 251 Å². The van der Waals surface area contributed by atoms with E-state index >= 15 is 0 Å². The van der Waals surface area contributed by atoms with Gasteiger partial charge < -0.3 is 14.2 Å². The van der Waals surface area contributed by atoms with E-state index in [1.165, 1.54) is 154 Å². The highest BCUT2D eigenvalue weighted by atomic mass is 16.5. The molecular formula is C36H72O4. The molecule has 0 aliphatic rings. The Morgan fingerprint density at radius 1 is 0.350 bits per heavy atom. The van der Waals surface area contributed by atoms with Crippen molar-refractivity contribution in [1.29, 1.82) is 0 Å². The van der Waals surface area contributed by atoms with Crippen molar-refractivity contribution in [3.63, 3.8) is 0 Å². The number of esters is 1. The molecule has 240 valence electrons. The quantitative estimate of drug-likeness (QED) is 0.0563. The molecule has 0 fully saturated rings. The maximum atomic E-state index is 11.9. The van der Waals surface area contributed by atoms with Crippen molar-refractivity contribution in [2.45, 2.75) is 194 Å². The predicted molar refractivity (Wildman–Crippen MR) is 173 cm³/mol. The third-order valence-electron chi connectivity index (χ3n) is 7.94. The first-order valence-electron chi connectivity index (χ1n) is 18.1. The highest BCUT2D eigenvalue weighted by molar-refractivity contribution is 5.69. The van der Waals surface area contributed by atoms with Crippen LogP contribution in [0.25, 0.3) is 0 Å². The first-order valence-corrected chi connectivity index (χ1v) is 18.1. The van der Waals surface area contributed by atoms with Gasteiger partial charge in [-0.05, 0) is 19.3 Å². The maximum Gasteiger partial charge on any atom is 0.305 e. The van der Waals surface area contributed by atoms with E-state index < -0.39 is 0 Å². The lowest BCUT2D eigenvalue weighted by Crippen LogP contribution is -2.09. The van der Waals surface area contributed by atoms with Crippen molar-refractivity contribution >= 4 is 5.97 Å². The molecule has 0 radical (unpaired) electrons. The fraction of sp³-hybridized carbons (Fsp3) is 0.972. The molecule has 0 aromatic carbocycles. The van der Waals surface area contributed by atoms with Crippen molar-refractivity contribution in [3.8, 4) is 0 Å². The van der Waals surface area contributed by atoms with Gasteiger partial charge in [-0.1, -0.05) is 168 Å². The van der Waals surface area contributed by atoms with E-state index in [-0.39, 0.29) is 5.97 Å². The van der Waals surface area contributed by atoms with E-state index in [2.05, 4.69) is 13.8 Å². The summed E-state index contributed by atoms with van der Waals surface area (Å²) >= 11 is 0. The minimum Gasteiger partial charge on any atom is -0.466 e. The summed E-state index contributed by atoms with van der Waals surface area (Å²) in [5.41, 5.74) is 0. The molecule has 40 heavy (non-hydrogen) atoms. The van der Waals surface area contributed by atoms with Crippen molar-refractivity contribution in [3.05, 3.63) is 0 Å². The lowest BCUT2D eigenvalue weighted by Gasteiger charge is -2.07. The van der Waals surface area contributed by atoms with Crippen molar-refractivity contribution in [1.82, 2.24) is 0 Å². The van der Waals surface area contributed by atoms with Crippen LogP contribution in [0.4, 0.5) is 0 Å². The zero-order chi connectivity index (χ0) is 29.0. The van der Waals surface area contributed by atoms with E-state index in [9.17, 15) is 4.79 Å². The first kappa shape index (κ1) is 39.4. The van der Waals surface area contributed by atoms with Crippen LogP contribution >= 0.6 is 0 Å². The summed E-state index contributed by atoms with van der Waals surface area (Å²) < 4.78 is 16.6. The van der Waals surface area contributed by atoms with Crippen LogP contribution in [0, 0.1) is 0 Å². The number of carbonyl (C=O) groups is 1. The highest BCUT2D eigenvalue weighted by Crippen LogP contribution is 2.14. The van der Waals surface area contributed by atoms with Gasteiger partial charge in [-0.15, -0.1) is 0 Å². The molecule has 0 saturated carbocycles. The topological polar surface area (TPSA) is 44.8 Å². The molecule has 0 aromatic rings. The lowest BCUT2D eigenvalue weighted by molar-refractivity contribution is -0.144. The van der Waals surface area contributed by atoms with Gasteiger partial charge in [-0.3, -0.25) is 4.79 Å². The molecule has 4 nitrogen and oxygen atoms in total. The van der Waals surface area contributed by atoms with E-state index in [4.69, 9.17) is 14.2 Å². The molecule has 4 heteroatoms. The number of hydrogen-bond acceptors (Lipinski definition) is 4. The summed E-state index contributed by atoms with van der Waals surface area (Å²) in [6, 6.07) is 0. The maximum absolute atomic E-state index is 11.9. The molecule has 0 aromatic heterocycles. The molecule has 0 aliphatic heterocycles. The fourth-order valence-corrected chi connectivity index (χ4v) is 5.24. The Hall–Kier alpha value is -0.610. The van der Waals surface area contributed by atoms with Gasteiger partial charge in [-0.25, -0.2) is 0 Å². The first-order chi connectivity index (χ1) is 19.8. The van der Waals surface area contributed by atoms with Gasteiger partial charge in [0.25, 0.3) is 0 Å². The van der Waals surface area contributed by atoms with Crippen molar-refractivity contribution in [2.24, 2.45) is 0 Å². The summed E-state index contributed by atoms with van der Waals surface area (Å²) in [7, 11) is 0. The molecule has 0 N–H and O–H groups in total. The summed E-state index contributed by atoms with van der Waals surface area (Å²) in [4.78, 5) is 11.9. The Morgan fingerprint density at radius 2 is 0.650 bits per heavy atom. The number of hydrogen-bond donors (Lipinski definition) is 0. The van der Waals surface area contributed by atoms with E-state index in [0.29, 0.717) is 32.8 Å². The predicted octanol–water partition coefficient (Wildman–Crippen LogP) is 11.5. The molecule has 0 bridgehead atoms. The second kappa shape index (κ2) is 36.4. The Balaban J connectivity index is 3.14. The van der Waals surface area contributed by atoms with Crippen molar-refractivity contribution in [2.75, 3.05) is 33.0 Å². The SMILES string of the molecule is CCCCCCCCCCCCCCCCCCOC(=O)CCCOCCOCCCCCCCCCCCC. The van der Waals surface area contributed by atoms with E-state index in [1.54, 1.807) is 0 Å². The van der Waals surface area contributed by atoms with Crippen LogP contribution in [-0.2, 0) is 19.0 Å². The van der Waals surface area contributed by atoms with Crippen LogP contribution in [0.15, 0.2) is 0 Å². The molecule has 0 amide bonds. The Kier molecular flexibility index (Phi) is 35.9. The van der Waals surface area contributed by atoms with E-state index in [0.717, 1.165) is 25.9 Å². The number of unbranched alkanes of at least 4 members (excludes halogenated alkanes) is 24. The van der Waals surface area contributed by atoms with Gasteiger partial charge in [-0.2, -0.15) is 0 Å². The zero-order valence-electron chi connectivity index (χ0n) is 27.5. The molecular weight excluding hydrogens is 496 g/mol. The average molecular weight is 569 g/mol.